The number of carbonyl (C=O) groups excluding carboxylic acids is 1. The van der Waals surface area contributed by atoms with Crippen LogP contribution in [0.25, 0.3) is 21.5 Å². The molecule has 0 spiro atoms. The lowest BCUT2D eigenvalue weighted by Crippen LogP contribution is -2.17. The van der Waals surface area contributed by atoms with Crippen molar-refractivity contribution in [2.75, 3.05) is 7.11 Å². The minimum atomic E-state index is -0.399. The summed E-state index contributed by atoms with van der Waals surface area (Å²) in [5.74, 6) is 0.359. The Labute approximate surface area is 175 Å². The summed E-state index contributed by atoms with van der Waals surface area (Å²) in [7, 11) is 1.60. The molecular formula is C22H17N3O4S. The summed E-state index contributed by atoms with van der Waals surface area (Å²) < 4.78 is 10.5. The van der Waals surface area contributed by atoms with Gasteiger partial charge in [-0.05, 0) is 48.9 Å². The van der Waals surface area contributed by atoms with Crippen molar-refractivity contribution in [3.63, 3.8) is 0 Å². The van der Waals surface area contributed by atoms with E-state index in [2.05, 4.69) is 15.5 Å². The Morgan fingerprint density at radius 3 is 2.87 bits per heavy atom. The third-order valence-corrected chi connectivity index (χ3v) is 5.55. The summed E-state index contributed by atoms with van der Waals surface area (Å²) in [6.45, 7) is 1.78. The Morgan fingerprint density at radius 1 is 1.20 bits per heavy atom. The van der Waals surface area contributed by atoms with E-state index in [1.807, 2.05) is 30.3 Å². The van der Waals surface area contributed by atoms with E-state index >= 15 is 0 Å². The van der Waals surface area contributed by atoms with Crippen LogP contribution in [0.1, 0.15) is 20.9 Å². The molecule has 8 heteroatoms. The Kier molecular flexibility index (Phi) is 5.40. The molecule has 0 saturated heterocycles. The van der Waals surface area contributed by atoms with Gasteiger partial charge in [0.25, 0.3) is 5.91 Å². The number of fused-ring (bicyclic) bond motifs is 1. The van der Waals surface area contributed by atoms with Crippen molar-refractivity contribution in [3.8, 4) is 16.3 Å². The standard InChI is InChI=1S/C22H17N3O4S/c1-13-20(30-22(24-13)16-5-3-4-6-18(16)28-2)21(27)25-23-12-14-7-9-17-15(11-14)8-10-19(26)29-17/h3-12H,1-2H3,(H,25,27)/b23-12+. The molecule has 0 unspecified atom stereocenters. The predicted molar refractivity (Wildman–Crippen MR) is 116 cm³/mol. The molecule has 1 amide bonds. The van der Waals surface area contributed by atoms with Crippen LogP contribution in [0.4, 0.5) is 0 Å². The van der Waals surface area contributed by atoms with Crippen LogP contribution in [-0.4, -0.2) is 24.2 Å². The fourth-order valence-electron chi connectivity index (χ4n) is 2.93. The Bertz CT molecular complexity index is 1320. The number of amides is 1. The zero-order valence-corrected chi connectivity index (χ0v) is 17.0. The molecule has 0 bridgehead atoms. The van der Waals surface area contributed by atoms with Gasteiger partial charge in [0.15, 0.2) is 0 Å². The van der Waals surface area contributed by atoms with Crippen molar-refractivity contribution in [1.29, 1.82) is 0 Å². The third-order valence-electron chi connectivity index (χ3n) is 4.36. The Hall–Kier alpha value is -3.78. The van der Waals surface area contributed by atoms with Gasteiger partial charge in [-0.1, -0.05) is 12.1 Å². The highest BCUT2D eigenvalue weighted by molar-refractivity contribution is 7.17. The van der Waals surface area contributed by atoms with Gasteiger partial charge in [-0.25, -0.2) is 15.2 Å². The maximum Gasteiger partial charge on any atom is 0.336 e. The van der Waals surface area contributed by atoms with E-state index in [9.17, 15) is 9.59 Å². The number of hydrogen-bond donors (Lipinski definition) is 1. The van der Waals surface area contributed by atoms with Crippen molar-refractivity contribution in [3.05, 3.63) is 81.2 Å². The molecule has 4 rings (SSSR count). The van der Waals surface area contributed by atoms with Crippen LogP contribution in [0.5, 0.6) is 5.75 Å². The smallest absolute Gasteiger partial charge is 0.336 e. The monoisotopic (exact) mass is 419 g/mol. The lowest BCUT2D eigenvalue weighted by atomic mass is 10.1. The largest absolute Gasteiger partial charge is 0.496 e. The van der Waals surface area contributed by atoms with E-state index in [-0.39, 0.29) is 5.91 Å². The van der Waals surface area contributed by atoms with Crippen molar-refractivity contribution in [2.24, 2.45) is 5.10 Å². The van der Waals surface area contributed by atoms with Crippen LogP contribution in [0.15, 0.2) is 68.9 Å². The van der Waals surface area contributed by atoms with Gasteiger partial charge in [0.2, 0.25) is 0 Å². The number of thiazole rings is 1. The molecule has 30 heavy (non-hydrogen) atoms. The van der Waals surface area contributed by atoms with Crippen molar-refractivity contribution in [1.82, 2.24) is 10.4 Å². The molecule has 0 radical (unpaired) electrons. The summed E-state index contributed by atoms with van der Waals surface area (Å²) in [6, 6.07) is 15.8. The fraction of sp³-hybridized carbons (Fsp3) is 0.0909. The van der Waals surface area contributed by atoms with E-state index in [1.165, 1.54) is 23.6 Å². The number of ether oxygens (including phenoxy) is 1. The van der Waals surface area contributed by atoms with E-state index in [0.717, 1.165) is 16.5 Å². The van der Waals surface area contributed by atoms with Crippen LogP contribution in [0.3, 0.4) is 0 Å². The molecule has 0 aliphatic rings. The van der Waals surface area contributed by atoms with Crippen LogP contribution in [-0.2, 0) is 0 Å². The zero-order valence-electron chi connectivity index (χ0n) is 16.2. The summed E-state index contributed by atoms with van der Waals surface area (Å²) in [5.41, 5.74) is 4.84. The second-order valence-electron chi connectivity index (χ2n) is 6.38. The van der Waals surface area contributed by atoms with Gasteiger partial charge in [0.05, 0.1) is 24.6 Å². The number of aromatic nitrogens is 1. The molecule has 1 N–H and O–H groups in total. The number of hydrogen-bond acceptors (Lipinski definition) is 7. The SMILES string of the molecule is COc1ccccc1-c1nc(C)c(C(=O)N/N=C/c2ccc3oc(=O)ccc3c2)s1. The van der Waals surface area contributed by atoms with Gasteiger partial charge in [-0.2, -0.15) is 5.10 Å². The van der Waals surface area contributed by atoms with Gasteiger partial charge in [0, 0.05) is 11.5 Å². The first-order valence-corrected chi connectivity index (χ1v) is 9.85. The molecule has 2 heterocycles. The Balaban J connectivity index is 1.51. The maximum absolute atomic E-state index is 12.6. The lowest BCUT2D eigenvalue weighted by Gasteiger charge is -2.04. The molecule has 7 nitrogen and oxygen atoms in total. The highest BCUT2D eigenvalue weighted by Gasteiger charge is 2.17. The average molecular weight is 419 g/mol. The second kappa shape index (κ2) is 8.30. The molecular weight excluding hydrogens is 402 g/mol. The van der Waals surface area contributed by atoms with E-state index in [4.69, 9.17) is 9.15 Å². The van der Waals surface area contributed by atoms with Crippen LogP contribution in [0, 0.1) is 6.92 Å². The number of rotatable bonds is 5. The molecule has 4 aromatic rings. The van der Waals surface area contributed by atoms with Crippen molar-refractivity contribution < 1.29 is 13.9 Å². The molecule has 2 aromatic carbocycles. The van der Waals surface area contributed by atoms with Crippen LogP contribution >= 0.6 is 11.3 Å². The van der Waals surface area contributed by atoms with Gasteiger partial charge >= 0.3 is 5.63 Å². The summed E-state index contributed by atoms with van der Waals surface area (Å²) in [4.78, 5) is 28.8. The first-order valence-electron chi connectivity index (χ1n) is 9.03. The highest BCUT2D eigenvalue weighted by Crippen LogP contribution is 2.34. The first-order chi connectivity index (χ1) is 14.5. The third kappa shape index (κ3) is 3.99. The van der Waals surface area contributed by atoms with Crippen LogP contribution in [0.2, 0.25) is 0 Å². The van der Waals surface area contributed by atoms with Gasteiger partial charge in [-0.15, -0.1) is 11.3 Å². The topological polar surface area (TPSA) is 93.8 Å². The molecule has 0 aliphatic carbocycles. The number of carbonyl (C=O) groups is 1. The number of nitrogens with one attached hydrogen (secondary N) is 1. The van der Waals surface area contributed by atoms with E-state index < -0.39 is 5.63 Å². The second-order valence-corrected chi connectivity index (χ2v) is 7.38. The predicted octanol–water partition coefficient (Wildman–Crippen LogP) is 4.00. The molecule has 0 fully saturated rings. The van der Waals surface area contributed by atoms with Gasteiger partial charge in [-0.3, -0.25) is 4.79 Å². The van der Waals surface area contributed by atoms with Crippen LogP contribution < -0.4 is 15.8 Å². The lowest BCUT2D eigenvalue weighted by molar-refractivity contribution is 0.0958. The molecule has 0 saturated carbocycles. The fourth-order valence-corrected chi connectivity index (χ4v) is 3.92. The van der Waals surface area contributed by atoms with E-state index in [1.54, 1.807) is 32.2 Å². The average Bonchev–Trinajstić information content (AvgIpc) is 3.15. The van der Waals surface area contributed by atoms with Crippen molar-refractivity contribution >= 4 is 34.4 Å². The quantitative estimate of drug-likeness (QED) is 0.300. The van der Waals surface area contributed by atoms with Crippen molar-refractivity contribution in [2.45, 2.75) is 6.92 Å². The minimum absolute atomic E-state index is 0.339. The molecule has 2 aromatic heterocycles. The van der Waals surface area contributed by atoms with Gasteiger partial charge < -0.3 is 9.15 Å². The number of hydrazone groups is 1. The molecule has 0 atom stereocenters. The zero-order chi connectivity index (χ0) is 21.1. The highest BCUT2D eigenvalue weighted by atomic mass is 32.1. The maximum atomic E-state index is 12.6. The summed E-state index contributed by atoms with van der Waals surface area (Å²) in [6.07, 6.45) is 1.53. The number of nitrogens with zero attached hydrogens (tertiary/aromatic N) is 2. The normalized spacial score (nSPS) is 11.1. The van der Waals surface area contributed by atoms with E-state index in [0.29, 0.717) is 26.9 Å². The Morgan fingerprint density at radius 2 is 2.03 bits per heavy atom. The summed E-state index contributed by atoms with van der Waals surface area (Å²) in [5, 5.41) is 5.51. The van der Waals surface area contributed by atoms with Gasteiger partial charge in [0.1, 0.15) is 21.2 Å². The molecule has 0 aliphatic heterocycles. The number of aryl methyl sites for hydroxylation is 1. The number of methoxy groups -OCH3 is 1. The minimum Gasteiger partial charge on any atom is -0.496 e. The summed E-state index contributed by atoms with van der Waals surface area (Å²) >= 11 is 1.28. The number of benzene rings is 2. The molecule has 150 valence electrons. The number of para-hydroxylation sites is 1. The first kappa shape index (κ1) is 19.5.